The molecule has 2 N–H and O–H groups in total. The minimum atomic E-state index is -0.122. The van der Waals surface area contributed by atoms with Crippen LogP contribution in [0.3, 0.4) is 0 Å². The van der Waals surface area contributed by atoms with E-state index < -0.39 is 0 Å². The number of nitrogens with one attached hydrogen (secondary N) is 2. The van der Waals surface area contributed by atoms with Gasteiger partial charge in [-0.25, -0.2) is 0 Å². The third-order valence-electron chi connectivity index (χ3n) is 3.55. The Morgan fingerprint density at radius 1 is 1.39 bits per heavy atom. The van der Waals surface area contributed by atoms with Crippen LogP contribution in [0.5, 0.6) is 0 Å². The van der Waals surface area contributed by atoms with Crippen LogP contribution in [0.2, 0.25) is 0 Å². The number of rotatable bonds is 5. The van der Waals surface area contributed by atoms with Crippen molar-refractivity contribution in [2.45, 2.75) is 13.5 Å². The number of nitrogens with zero attached hydrogens (tertiary/aromatic N) is 2. The van der Waals surface area contributed by atoms with E-state index in [4.69, 9.17) is 16.6 Å². The van der Waals surface area contributed by atoms with Crippen molar-refractivity contribution in [3.8, 4) is 11.1 Å². The van der Waals surface area contributed by atoms with Crippen LogP contribution in [0.15, 0.2) is 47.3 Å². The molecule has 0 unspecified atom stereocenters. The van der Waals surface area contributed by atoms with E-state index in [0.717, 1.165) is 17.0 Å². The van der Waals surface area contributed by atoms with Crippen molar-refractivity contribution in [3.63, 3.8) is 0 Å². The van der Waals surface area contributed by atoms with Crippen molar-refractivity contribution in [2.75, 3.05) is 6.54 Å². The average Bonchev–Trinajstić information content (AvgIpc) is 3.20. The predicted molar refractivity (Wildman–Crippen MR) is 88.6 cm³/mol. The second-order valence-electron chi connectivity index (χ2n) is 5.08. The van der Waals surface area contributed by atoms with E-state index in [0.29, 0.717) is 23.4 Å². The van der Waals surface area contributed by atoms with Gasteiger partial charge in [-0.1, -0.05) is 12.1 Å². The number of benzene rings is 1. The lowest BCUT2D eigenvalue weighted by Crippen LogP contribution is -2.27. The van der Waals surface area contributed by atoms with Gasteiger partial charge in [0.1, 0.15) is 5.82 Å². The Balaban J connectivity index is 1.65. The van der Waals surface area contributed by atoms with Crippen LogP contribution in [-0.2, 0) is 6.54 Å². The third kappa shape index (κ3) is 3.40. The second-order valence-corrected chi connectivity index (χ2v) is 5.46. The molecule has 1 aromatic carbocycles. The Labute approximate surface area is 138 Å². The van der Waals surface area contributed by atoms with Gasteiger partial charge in [0, 0.05) is 24.2 Å². The highest BCUT2D eigenvalue weighted by Crippen LogP contribution is 2.20. The van der Waals surface area contributed by atoms with Gasteiger partial charge >= 0.3 is 0 Å². The molecule has 0 bridgehead atoms. The standard InChI is InChI=1S/C16H16N4O2S/c1-11-18-19-16(23)20(11)7-6-17-15(21)13-4-2-3-12(9-13)14-5-8-22-10-14/h2-5,8-10H,6-7H2,1H3,(H,17,21)(H,19,23). The van der Waals surface area contributed by atoms with E-state index in [1.54, 1.807) is 18.6 Å². The molecule has 0 aliphatic rings. The van der Waals surface area contributed by atoms with Gasteiger partial charge in [-0.15, -0.1) is 0 Å². The highest BCUT2D eigenvalue weighted by Gasteiger charge is 2.08. The summed E-state index contributed by atoms with van der Waals surface area (Å²) in [6, 6.07) is 9.28. The maximum Gasteiger partial charge on any atom is 0.251 e. The van der Waals surface area contributed by atoms with Crippen molar-refractivity contribution in [3.05, 3.63) is 59.0 Å². The maximum absolute atomic E-state index is 12.3. The number of hydrogen-bond donors (Lipinski definition) is 2. The summed E-state index contributed by atoms with van der Waals surface area (Å²) in [5.74, 6) is 0.675. The normalized spacial score (nSPS) is 10.7. The number of amides is 1. The lowest BCUT2D eigenvalue weighted by atomic mass is 10.1. The zero-order chi connectivity index (χ0) is 16.2. The van der Waals surface area contributed by atoms with Crippen LogP contribution < -0.4 is 5.32 Å². The quantitative estimate of drug-likeness (QED) is 0.706. The minimum Gasteiger partial charge on any atom is -0.472 e. The maximum atomic E-state index is 12.3. The summed E-state index contributed by atoms with van der Waals surface area (Å²) in [5.41, 5.74) is 2.50. The first-order valence-corrected chi connectivity index (χ1v) is 7.58. The molecule has 118 valence electrons. The minimum absolute atomic E-state index is 0.122. The van der Waals surface area contributed by atoms with Crippen LogP contribution in [0.4, 0.5) is 0 Å². The summed E-state index contributed by atoms with van der Waals surface area (Å²) in [6.07, 6.45) is 3.26. The molecular weight excluding hydrogens is 312 g/mol. The van der Waals surface area contributed by atoms with Gasteiger partial charge in [0.05, 0.1) is 12.5 Å². The molecule has 6 nitrogen and oxygen atoms in total. The Morgan fingerprint density at radius 2 is 2.26 bits per heavy atom. The van der Waals surface area contributed by atoms with Crippen LogP contribution in [-0.4, -0.2) is 27.2 Å². The van der Waals surface area contributed by atoms with Gasteiger partial charge < -0.3 is 14.3 Å². The molecule has 0 fully saturated rings. The summed E-state index contributed by atoms with van der Waals surface area (Å²) < 4.78 is 7.47. The summed E-state index contributed by atoms with van der Waals surface area (Å²) in [4.78, 5) is 12.3. The van der Waals surface area contributed by atoms with E-state index in [-0.39, 0.29) is 5.91 Å². The van der Waals surface area contributed by atoms with E-state index in [1.165, 1.54) is 0 Å². The number of aryl methyl sites for hydroxylation is 1. The Bertz CT molecular complexity index is 864. The van der Waals surface area contributed by atoms with Gasteiger partial charge in [-0.2, -0.15) is 5.10 Å². The fourth-order valence-electron chi connectivity index (χ4n) is 2.31. The smallest absolute Gasteiger partial charge is 0.251 e. The Kier molecular flexibility index (Phi) is 4.38. The molecular formula is C16H16N4O2S. The van der Waals surface area contributed by atoms with Gasteiger partial charge in [0.2, 0.25) is 0 Å². The third-order valence-corrected chi connectivity index (χ3v) is 3.86. The molecule has 0 spiro atoms. The van der Waals surface area contributed by atoms with Crippen LogP contribution in [0, 0.1) is 11.7 Å². The van der Waals surface area contributed by atoms with E-state index >= 15 is 0 Å². The number of hydrogen-bond acceptors (Lipinski definition) is 4. The SMILES string of the molecule is Cc1n[nH]c(=S)n1CCNC(=O)c1cccc(-c2ccoc2)c1. The van der Waals surface area contributed by atoms with Crippen LogP contribution >= 0.6 is 12.2 Å². The van der Waals surface area contributed by atoms with Crippen LogP contribution in [0.25, 0.3) is 11.1 Å². The summed E-state index contributed by atoms with van der Waals surface area (Å²) in [6.45, 7) is 2.92. The number of carbonyl (C=O) groups excluding carboxylic acids is 1. The number of aromatic amines is 1. The highest BCUT2D eigenvalue weighted by atomic mass is 32.1. The monoisotopic (exact) mass is 328 g/mol. The van der Waals surface area contributed by atoms with E-state index in [9.17, 15) is 4.79 Å². The summed E-state index contributed by atoms with van der Waals surface area (Å²) in [5, 5.41) is 9.65. The number of carbonyl (C=O) groups is 1. The summed E-state index contributed by atoms with van der Waals surface area (Å²) in [7, 11) is 0. The molecule has 0 atom stereocenters. The van der Waals surface area contributed by atoms with Crippen molar-refractivity contribution in [1.29, 1.82) is 0 Å². The highest BCUT2D eigenvalue weighted by molar-refractivity contribution is 7.71. The first kappa shape index (κ1) is 15.2. The molecule has 0 radical (unpaired) electrons. The van der Waals surface area contributed by atoms with Gasteiger partial charge in [-0.3, -0.25) is 9.89 Å². The fourth-order valence-corrected chi connectivity index (χ4v) is 2.58. The molecule has 3 aromatic rings. The van der Waals surface area contributed by atoms with Crippen LogP contribution in [0.1, 0.15) is 16.2 Å². The largest absolute Gasteiger partial charge is 0.472 e. The molecule has 0 saturated carbocycles. The predicted octanol–water partition coefficient (Wildman–Crippen LogP) is 2.94. The topological polar surface area (TPSA) is 75.8 Å². The average molecular weight is 328 g/mol. The van der Waals surface area contributed by atoms with Gasteiger partial charge in [-0.05, 0) is 42.9 Å². The first-order valence-electron chi connectivity index (χ1n) is 7.18. The Hall–Kier alpha value is -2.67. The number of H-pyrrole nitrogens is 1. The number of aromatic nitrogens is 3. The molecule has 1 amide bonds. The zero-order valence-corrected chi connectivity index (χ0v) is 13.4. The van der Waals surface area contributed by atoms with Crippen molar-refractivity contribution in [1.82, 2.24) is 20.1 Å². The van der Waals surface area contributed by atoms with Crippen molar-refractivity contribution in [2.24, 2.45) is 0 Å². The summed E-state index contributed by atoms with van der Waals surface area (Å²) >= 11 is 5.13. The van der Waals surface area contributed by atoms with E-state index in [2.05, 4.69) is 15.5 Å². The zero-order valence-electron chi connectivity index (χ0n) is 12.6. The lowest BCUT2D eigenvalue weighted by molar-refractivity contribution is 0.0952. The van der Waals surface area contributed by atoms with Gasteiger partial charge in [0.25, 0.3) is 5.91 Å². The lowest BCUT2D eigenvalue weighted by Gasteiger charge is -2.08. The molecule has 0 aliphatic heterocycles. The molecule has 0 saturated heterocycles. The first-order chi connectivity index (χ1) is 11.1. The second kappa shape index (κ2) is 6.62. The van der Waals surface area contributed by atoms with Crippen molar-refractivity contribution < 1.29 is 9.21 Å². The molecule has 2 heterocycles. The fraction of sp³-hybridized carbons (Fsp3) is 0.188. The molecule has 2 aromatic heterocycles. The molecule has 7 heteroatoms. The van der Waals surface area contributed by atoms with Gasteiger partial charge in [0.15, 0.2) is 4.77 Å². The molecule has 23 heavy (non-hydrogen) atoms. The number of furan rings is 1. The van der Waals surface area contributed by atoms with Crippen molar-refractivity contribution >= 4 is 18.1 Å². The molecule has 0 aliphatic carbocycles. The molecule has 3 rings (SSSR count). The Morgan fingerprint density at radius 3 is 2.96 bits per heavy atom. The van der Waals surface area contributed by atoms with E-state index in [1.807, 2.05) is 35.8 Å².